The van der Waals surface area contributed by atoms with Crippen molar-refractivity contribution in [3.05, 3.63) is 52.5 Å². The zero-order chi connectivity index (χ0) is 15.2. The summed E-state index contributed by atoms with van der Waals surface area (Å²) in [5.41, 5.74) is 1.73. The van der Waals surface area contributed by atoms with Crippen LogP contribution in [0.25, 0.3) is 0 Å². The van der Waals surface area contributed by atoms with Gasteiger partial charge in [-0.25, -0.2) is 0 Å². The summed E-state index contributed by atoms with van der Waals surface area (Å²) in [5, 5.41) is 13.4. The molecule has 2 N–H and O–H groups in total. The molecule has 21 heavy (non-hydrogen) atoms. The highest BCUT2D eigenvalue weighted by atomic mass is 79.9. The average Bonchev–Trinajstić information content (AvgIpc) is 2.53. The molecule has 0 saturated carbocycles. The number of benzene rings is 2. The Kier molecular flexibility index (Phi) is 5.47. The predicted molar refractivity (Wildman–Crippen MR) is 87.1 cm³/mol. The number of hydrogen-bond donors (Lipinski definition) is 2. The quantitative estimate of drug-likeness (QED) is 0.834. The van der Waals surface area contributed by atoms with Crippen molar-refractivity contribution in [1.82, 2.24) is 0 Å². The minimum absolute atomic E-state index is 0.414. The highest BCUT2D eigenvalue weighted by molar-refractivity contribution is 9.10. The third-order valence-corrected chi connectivity index (χ3v) is 3.81. The second-order valence-electron chi connectivity index (χ2n) is 4.52. The van der Waals surface area contributed by atoms with E-state index in [-0.39, 0.29) is 0 Å². The van der Waals surface area contributed by atoms with Crippen LogP contribution in [0.2, 0.25) is 0 Å². The number of anilines is 1. The molecule has 1 atom stereocenters. The Bertz CT molecular complexity index is 587. The summed E-state index contributed by atoms with van der Waals surface area (Å²) in [5.74, 6) is 1.52. The van der Waals surface area contributed by atoms with Crippen LogP contribution in [0.4, 0.5) is 5.69 Å². The molecule has 0 aliphatic rings. The van der Waals surface area contributed by atoms with Crippen LogP contribution in [-0.2, 0) is 0 Å². The molecule has 2 aromatic rings. The van der Waals surface area contributed by atoms with E-state index in [1.807, 2.05) is 42.5 Å². The van der Waals surface area contributed by atoms with Gasteiger partial charge in [0.05, 0.1) is 24.8 Å². The Balaban J connectivity index is 1.98. The molecule has 4 nitrogen and oxygen atoms in total. The number of methoxy groups -OCH3 is 2. The molecule has 2 rings (SSSR count). The van der Waals surface area contributed by atoms with Crippen molar-refractivity contribution in [3.8, 4) is 11.5 Å². The van der Waals surface area contributed by atoms with Crippen molar-refractivity contribution < 1.29 is 14.6 Å². The van der Waals surface area contributed by atoms with Crippen molar-refractivity contribution >= 4 is 21.6 Å². The minimum atomic E-state index is -0.592. The number of hydrogen-bond acceptors (Lipinski definition) is 4. The number of aliphatic hydroxyl groups excluding tert-OH is 1. The monoisotopic (exact) mass is 351 g/mol. The first-order valence-corrected chi connectivity index (χ1v) is 7.32. The van der Waals surface area contributed by atoms with Gasteiger partial charge in [0.25, 0.3) is 0 Å². The molecule has 0 radical (unpaired) electrons. The van der Waals surface area contributed by atoms with Gasteiger partial charge in [0.2, 0.25) is 0 Å². The maximum atomic E-state index is 10.2. The Labute approximate surface area is 132 Å². The first-order chi connectivity index (χ1) is 10.1. The molecule has 5 heteroatoms. The van der Waals surface area contributed by atoms with Crippen LogP contribution in [0.15, 0.2) is 46.9 Å². The number of halogens is 1. The fraction of sp³-hybridized carbons (Fsp3) is 0.250. The van der Waals surface area contributed by atoms with E-state index in [2.05, 4.69) is 21.2 Å². The van der Waals surface area contributed by atoms with Crippen LogP contribution < -0.4 is 14.8 Å². The average molecular weight is 352 g/mol. The second kappa shape index (κ2) is 7.33. The summed E-state index contributed by atoms with van der Waals surface area (Å²) in [4.78, 5) is 0. The van der Waals surface area contributed by atoms with Crippen molar-refractivity contribution in [2.24, 2.45) is 0 Å². The first kappa shape index (κ1) is 15.7. The van der Waals surface area contributed by atoms with E-state index in [1.165, 1.54) is 0 Å². The van der Waals surface area contributed by atoms with E-state index in [1.54, 1.807) is 14.2 Å². The fourth-order valence-corrected chi connectivity index (χ4v) is 2.34. The smallest absolute Gasteiger partial charge is 0.135 e. The molecule has 0 aliphatic heterocycles. The molecule has 0 amide bonds. The molecule has 0 bridgehead atoms. The van der Waals surface area contributed by atoms with Gasteiger partial charge < -0.3 is 19.9 Å². The van der Waals surface area contributed by atoms with Crippen LogP contribution >= 0.6 is 15.9 Å². The van der Waals surface area contributed by atoms with Crippen LogP contribution in [-0.4, -0.2) is 25.9 Å². The zero-order valence-electron chi connectivity index (χ0n) is 12.0. The lowest BCUT2D eigenvalue weighted by Crippen LogP contribution is -2.12. The summed E-state index contributed by atoms with van der Waals surface area (Å²) < 4.78 is 11.2. The van der Waals surface area contributed by atoms with E-state index in [9.17, 15) is 5.11 Å². The minimum Gasteiger partial charge on any atom is -0.497 e. The van der Waals surface area contributed by atoms with Gasteiger partial charge in [0.1, 0.15) is 11.5 Å². The van der Waals surface area contributed by atoms with Gasteiger partial charge in [0.15, 0.2) is 0 Å². The number of rotatable bonds is 6. The van der Waals surface area contributed by atoms with E-state index in [4.69, 9.17) is 9.47 Å². The highest BCUT2D eigenvalue weighted by Crippen LogP contribution is 2.28. The van der Waals surface area contributed by atoms with Gasteiger partial charge in [-0.1, -0.05) is 12.1 Å². The van der Waals surface area contributed by atoms with Crippen molar-refractivity contribution in [3.63, 3.8) is 0 Å². The predicted octanol–water partition coefficient (Wildman–Crippen LogP) is 3.61. The molecule has 0 heterocycles. The third kappa shape index (κ3) is 4.12. The SMILES string of the molecule is COc1ccc(C(O)CNc2ccc(Br)c(OC)c2)cc1. The van der Waals surface area contributed by atoms with Crippen molar-refractivity contribution in [1.29, 1.82) is 0 Å². The van der Waals surface area contributed by atoms with Crippen LogP contribution in [0.3, 0.4) is 0 Å². The summed E-state index contributed by atoms with van der Waals surface area (Å²) >= 11 is 3.41. The Hall–Kier alpha value is -1.72. The zero-order valence-corrected chi connectivity index (χ0v) is 13.6. The maximum absolute atomic E-state index is 10.2. The number of aliphatic hydroxyl groups is 1. The van der Waals surface area contributed by atoms with Crippen LogP contribution in [0.1, 0.15) is 11.7 Å². The molecule has 2 aromatic carbocycles. The highest BCUT2D eigenvalue weighted by Gasteiger charge is 2.08. The lowest BCUT2D eigenvalue weighted by Gasteiger charge is -2.14. The molecular formula is C16H18BrNO3. The second-order valence-corrected chi connectivity index (χ2v) is 5.37. The lowest BCUT2D eigenvalue weighted by atomic mass is 10.1. The van der Waals surface area contributed by atoms with E-state index >= 15 is 0 Å². The Morgan fingerprint density at radius 2 is 1.81 bits per heavy atom. The molecule has 0 aliphatic carbocycles. The Morgan fingerprint density at radius 1 is 1.10 bits per heavy atom. The van der Waals surface area contributed by atoms with Gasteiger partial charge >= 0.3 is 0 Å². The summed E-state index contributed by atoms with van der Waals surface area (Å²) in [6.45, 7) is 0.414. The van der Waals surface area contributed by atoms with E-state index in [0.29, 0.717) is 6.54 Å². The summed E-state index contributed by atoms with van der Waals surface area (Å²) in [7, 11) is 3.24. The van der Waals surface area contributed by atoms with E-state index in [0.717, 1.165) is 27.2 Å². The van der Waals surface area contributed by atoms with Gasteiger partial charge in [-0.2, -0.15) is 0 Å². The molecule has 0 saturated heterocycles. The summed E-state index contributed by atoms with van der Waals surface area (Å²) in [6.07, 6.45) is -0.592. The third-order valence-electron chi connectivity index (χ3n) is 3.15. The molecule has 0 spiro atoms. The van der Waals surface area contributed by atoms with Crippen molar-refractivity contribution in [2.45, 2.75) is 6.10 Å². The van der Waals surface area contributed by atoms with Gasteiger partial charge in [-0.15, -0.1) is 0 Å². The largest absolute Gasteiger partial charge is 0.497 e. The first-order valence-electron chi connectivity index (χ1n) is 6.53. The van der Waals surface area contributed by atoms with Gasteiger partial charge in [0, 0.05) is 18.3 Å². The maximum Gasteiger partial charge on any atom is 0.135 e. The lowest BCUT2D eigenvalue weighted by molar-refractivity contribution is 0.191. The number of ether oxygens (including phenoxy) is 2. The topological polar surface area (TPSA) is 50.7 Å². The molecule has 112 valence electrons. The van der Waals surface area contributed by atoms with Crippen molar-refractivity contribution in [2.75, 3.05) is 26.1 Å². The van der Waals surface area contributed by atoms with Crippen LogP contribution in [0.5, 0.6) is 11.5 Å². The van der Waals surface area contributed by atoms with Gasteiger partial charge in [-0.3, -0.25) is 0 Å². The fourth-order valence-electron chi connectivity index (χ4n) is 1.93. The normalized spacial score (nSPS) is 11.8. The number of nitrogens with one attached hydrogen (secondary N) is 1. The van der Waals surface area contributed by atoms with Gasteiger partial charge in [-0.05, 0) is 45.8 Å². The Morgan fingerprint density at radius 3 is 2.43 bits per heavy atom. The molecule has 1 unspecified atom stereocenters. The standard InChI is InChI=1S/C16H18BrNO3/c1-20-13-6-3-11(4-7-13)15(19)10-18-12-5-8-14(17)16(9-12)21-2/h3-9,15,18-19H,10H2,1-2H3. The molecule has 0 fully saturated rings. The van der Waals surface area contributed by atoms with Crippen LogP contribution in [0, 0.1) is 0 Å². The molecular weight excluding hydrogens is 334 g/mol. The van der Waals surface area contributed by atoms with E-state index < -0.39 is 6.10 Å². The summed E-state index contributed by atoms with van der Waals surface area (Å²) in [6, 6.07) is 13.1. The molecule has 0 aromatic heterocycles.